The molecule has 21 heavy (non-hydrogen) atoms. The first-order valence-electron chi connectivity index (χ1n) is 6.20. The highest BCUT2D eigenvalue weighted by atomic mass is 35.5. The minimum absolute atomic E-state index is 0.208. The molecule has 2 aromatic carbocycles. The predicted molar refractivity (Wildman–Crippen MR) is 78.3 cm³/mol. The first-order valence-corrected chi connectivity index (χ1v) is 6.58. The fourth-order valence-electron chi connectivity index (χ4n) is 1.92. The molecule has 0 saturated heterocycles. The molecule has 0 fully saturated rings. The summed E-state index contributed by atoms with van der Waals surface area (Å²) < 4.78 is 19.6. The fraction of sp³-hybridized carbons (Fsp3) is 0.0667. The van der Waals surface area contributed by atoms with Crippen molar-refractivity contribution in [2.45, 2.75) is 0 Å². The van der Waals surface area contributed by atoms with Gasteiger partial charge < -0.3 is 4.74 Å². The lowest BCUT2D eigenvalue weighted by Crippen LogP contribution is -1.96. The highest BCUT2D eigenvalue weighted by molar-refractivity contribution is 6.28. The van der Waals surface area contributed by atoms with E-state index in [4.69, 9.17) is 16.3 Å². The second-order valence-electron chi connectivity index (χ2n) is 4.32. The van der Waals surface area contributed by atoms with Crippen molar-refractivity contribution in [2.24, 2.45) is 0 Å². The SMILES string of the molecule is COc1cccc(-c2nc(Cl)n(-c3ccc(F)cc3)n2)c1. The number of ether oxygens (including phenoxy) is 1. The van der Waals surface area contributed by atoms with Gasteiger partial charge in [0, 0.05) is 5.56 Å². The van der Waals surface area contributed by atoms with Gasteiger partial charge in [-0.3, -0.25) is 0 Å². The summed E-state index contributed by atoms with van der Waals surface area (Å²) in [5.41, 5.74) is 1.43. The van der Waals surface area contributed by atoms with E-state index < -0.39 is 0 Å². The maximum atomic E-state index is 13.0. The Balaban J connectivity index is 2.02. The number of hydrogen-bond acceptors (Lipinski definition) is 3. The average molecular weight is 304 g/mol. The number of aromatic nitrogens is 3. The lowest BCUT2D eigenvalue weighted by Gasteiger charge is -2.01. The maximum Gasteiger partial charge on any atom is 0.226 e. The molecule has 0 radical (unpaired) electrons. The molecule has 0 aliphatic heterocycles. The van der Waals surface area contributed by atoms with Crippen molar-refractivity contribution >= 4 is 11.6 Å². The largest absolute Gasteiger partial charge is 0.497 e. The highest BCUT2D eigenvalue weighted by Gasteiger charge is 2.12. The average Bonchev–Trinajstić information content (AvgIpc) is 2.90. The first kappa shape index (κ1) is 13.6. The molecule has 1 heterocycles. The van der Waals surface area contributed by atoms with Gasteiger partial charge in [0.1, 0.15) is 11.6 Å². The zero-order chi connectivity index (χ0) is 14.8. The molecule has 0 N–H and O–H groups in total. The summed E-state index contributed by atoms with van der Waals surface area (Å²) in [6.45, 7) is 0. The molecule has 4 nitrogen and oxygen atoms in total. The number of rotatable bonds is 3. The molecule has 0 spiro atoms. The zero-order valence-corrected chi connectivity index (χ0v) is 11.9. The van der Waals surface area contributed by atoms with E-state index in [1.807, 2.05) is 24.3 Å². The lowest BCUT2D eigenvalue weighted by molar-refractivity contribution is 0.415. The Labute approximate surface area is 125 Å². The maximum absolute atomic E-state index is 13.0. The third kappa shape index (κ3) is 2.73. The van der Waals surface area contributed by atoms with Crippen molar-refractivity contribution in [3.8, 4) is 22.8 Å². The van der Waals surface area contributed by atoms with Crippen LogP contribution in [0.15, 0.2) is 48.5 Å². The van der Waals surface area contributed by atoms with Crippen LogP contribution in [-0.2, 0) is 0 Å². The van der Waals surface area contributed by atoms with Crippen molar-refractivity contribution in [1.29, 1.82) is 0 Å². The van der Waals surface area contributed by atoms with Gasteiger partial charge in [-0.15, -0.1) is 5.10 Å². The summed E-state index contributed by atoms with van der Waals surface area (Å²) in [4.78, 5) is 4.22. The number of benzene rings is 2. The molecular formula is C15H11ClFN3O. The van der Waals surface area contributed by atoms with Crippen LogP contribution in [0.4, 0.5) is 4.39 Å². The highest BCUT2D eigenvalue weighted by Crippen LogP contribution is 2.24. The Kier molecular flexibility index (Phi) is 3.58. The molecule has 0 amide bonds. The number of methoxy groups -OCH3 is 1. The number of nitrogens with zero attached hydrogens (tertiary/aromatic N) is 3. The summed E-state index contributed by atoms with van der Waals surface area (Å²) in [5.74, 6) is 0.869. The van der Waals surface area contributed by atoms with Gasteiger partial charge in [-0.2, -0.15) is 4.98 Å². The van der Waals surface area contributed by atoms with Crippen molar-refractivity contribution in [3.63, 3.8) is 0 Å². The summed E-state index contributed by atoms with van der Waals surface area (Å²) >= 11 is 6.11. The van der Waals surface area contributed by atoms with Crippen LogP contribution in [0.25, 0.3) is 17.1 Å². The fourth-order valence-corrected chi connectivity index (χ4v) is 2.14. The van der Waals surface area contributed by atoms with Gasteiger partial charge in [0.2, 0.25) is 5.28 Å². The van der Waals surface area contributed by atoms with Crippen LogP contribution in [0.1, 0.15) is 0 Å². The minimum Gasteiger partial charge on any atom is -0.497 e. The topological polar surface area (TPSA) is 39.9 Å². The van der Waals surface area contributed by atoms with Crippen LogP contribution in [-0.4, -0.2) is 21.9 Å². The van der Waals surface area contributed by atoms with Crippen molar-refractivity contribution in [3.05, 3.63) is 59.6 Å². The quantitative estimate of drug-likeness (QED) is 0.740. The summed E-state index contributed by atoms with van der Waals surface area (Å²) in [7, 11) is 1.59. The van der Waals surface area contributed by atoms with Crippen molar-refractivity contribution < 1.29 is 9.13 Å². The summed E-state index contributed by atoms with van der Waals surface area (Å²) in [6.07, 6.45) is 0. The monoisotopic (exact) mass is 303 g/mol. The van der Waals surface area contributed by atoms with E-state index >= 15 is 0 Å². The Hall–Kier alpha value is -2.40. The van der Waals surface area contributed by atoms with Crippen LogP contribution in [0.5, 0.6) is 5.75 Å². The van der Waals surface area contributed by atoms with Gasteiger partial charge in [0.25, 0.3) is 0 Å². The van der Waals surface area contributed by atoms with Crippen LogP contribution in [0, 0.1) is 5.82 Å². The molecule has 6 heteroatoms. The smallest absolute Gasteiger partial charge is 0.226 e. The number of halogens is 2. The van der Waals surface area contributed by atoms with Gasteiger partial charge in [-0.1, -0.05) is 12.1 Å². The van der Waals surface area contributed by atoms with Crippen LogP contribution in [0.2, 0.25) is 5.28 Å². The molecule has 3 aromatic rings. The van der Waals surface area contributed by atoms with Crippen LogP contribution < -0.4 is 4.74 Å². The molecule has 0 aliphatic rings. The Morgan fingerprint density at radius 2 is 1.90 bits per heavy atom. The third-order valence-corrected chi connectivity index (χ3v) is 3.21. The lowest BCUT2D eigenvalue weighted by atomic mass is 10.2. The van der Waals surface area contributed by atoms with E-state index in [1.165, 1.54) is 16.8 Å². The van der Waals surface area contributed by atoms with E-state index in [9.17, 15) is 4.39 Å². The zero-order valence-electron chi connectivity index (χ0n) is 11.1. The van der Waals surface area contributed by atoms with E-state index in [0.29, 0.717) is 17.3 Å². The Morgan fingerprint density at radius 3 is 2.62 bits per heavy atom. The van der Waals surface area contributed by atoms with E-state index in [1.54, 1.807) is 19.2 Å². The molecule has 0 aliphatic carbocycles. The van der Waals surface area contributed by atoms with Gasteiger partial charge in [-0.05, 0) is 48.0 Å². The van der Waals surface area contributed by atoms with E-state index in [2.05, 4.69) is 10.1 Å². The van der Waals surface area contributed by atoms with Gasteiger partial charge >= 0.3 is 0 Å². The Morgan fingerprint density at radius 1 is 1.14 bits per heavy atom. The minimum atomic E-state index is -0.317. The molecular weight excluding hydrogens is 293 g/mol. The molecule has 0 atom stereocenters. The van der Waals surface area contributed by atoms with E-state index in [0.717, 1.165) is 5.56 Å². The van der Waals surface area contributed by atoms with Crippen molar-refractivity contribution in [1.82, 2.24) is 14.8 Å². The molecule has 1 aromatic heterocycles. The second-order valence-corrected chi connectivity index (χ2v) is 4.66. The predicted octanol–water partition coefficient (Wildman–Crippen LogP) is 3.74. The summed E-state index contributed by atoms with van der Waals surface area (Å²) in [6, 6.07) is 13.2. The number of hydrogen-bond donors (Lipinski definition) is 0. The second kappa shape index (κ2) is 5.54. The standard InChI is InChI=1S/C15H11ClFN3O/c1-21-13-4-2-3-10(9-13)14-18-15(16)20(19-14)12-7-5-11(17)6-8-12/h2-9H,1H3. The normalized spacial score (nSPS) is 10.6. The third-order valence-electron chi connectivity index (χ3n) is 2.97. The van der Waals surface area contributed by atoms with E-state index in [-0.39, 0.29) is 11.1 Å². The molecule has 0 bridgehead atoms. The van der Waals surface area contributed by atoms with Crippen molar-refractivity contribution in [2.75, 3.05) is 7.11 Å². The first-order chi connectivity index (χ1) is 10.2. The van der Waals surface area contributed by atoms with Gasteiger partial charge in [0.15, 0.2) is 5.82 Å². The molecule has 3 rings (SSSR count). The van der Waals surface area contributed by atoms with Gasteiger partial charge in [0.05, 0.1) is 12.8 Å². The van der Waals surface area contributed by atoms with Crippen LogP contribution in [0.3, 0.4) is 0 Å². The Bertz CT molecular complexity index is 771. The molecule has 0 saturated carbocycles. The summed E-state index contributed by atoms with van der Waals surface area (Å²) in [5, 5.41) is 4.56. The molecule has 0 unspecified atom stereocenters. The van der Waals surface area contributed by atoms with Crippen LogP contribution >= 0.6 is 11.6 Å². The molecule has 106 valence electrons. The van der Waals surface area contributed by atoms with Gasteiger partial charge in [-0.25, -0.2) is 9.07 Å².